The molecule has 0 aliphatic heterocycles. The molecule has 1 heterocycles. The zero-order valence-corrected chi connectivity index (χ0v) is 22.0. The molecule has 36 heavy (non-hydrogen) atoms. The number of aryl methyl sites for hydroxylation is 1. The Kier molecular flexibility index (Phi) is 8.32. The van der Waals surface area contributed by atoms with Gasteiger partial charge in [0.25, 0.3) is 5.91 Å². The average molecular weight is 525 g/mol. The van der Waals surface area contributed by atoms with Crippen LogP contribution in [-0.4, -0.2) is 37.3 Å². The molecular weight excluding hydrogens is 496 g/mol. The van der Waals surface area contributed by atoms with E-state index in [1.165, 1.54) is 30.2 Å². The van der Waals surface area contributed by atoms with Crippen molar-refractivity contribution in [3.8, 4) is 5.75 Å². The molecule has 0 saturated carbocycles. The van der Waals surface area contributed by atoms with Crippen molar-refractivity contribution < 1.29 is 23.9 Å². The third-order valence-corrected chi connectivity index (χ3v) is 8.22. The molecule has 2 aromatic carbocycles. The number of anilines is 2. The van der Waals surface area contributed by atoms with Crippen LogP contribution in [0, 0.1) is 0 Å². The number of carbonyl (C=O) groups is 3. The van der Waals surface area contributed by atoms with Gasteiger partial charge in [0.1, 0.15) is 10.8 Å². The number of benzene rings is 2. The van der Waals surface area contributed by atoms with E-state index in [1.54, 1.807) is 37.4 Å². The van der Waals surface area contributed by atoms with E-state index in [-0.39, 0.29) is 11.8 Å². The largest absolute Gasteiger partial charge is 0.497 e. The molecule has 3 aromatic rings. The summed E-state index contributed by atoms with van der Waals surface area (Å²) in [7, 11) is 2.94. The lowest BCUT2D eigenvalue weighted by molar-refractivity contribution is -0.115. The van der Waals surface area contributed by atoms with Crippen LogP contribution in [0.3, 0.4) is 0 Å². The second-order valence-corrected chi connectivity index (χ2v) is 10.9. The van der Waals surface area contributed by atoms with Gasteiger partial charge in [0.15, 0.2) is 0 Å². The van der Waals surface area contributed by atoms with Crippen LogP contribution in [0.5, 0.6) is 5.75 Å². The third-order valence-electron chi connectivity index (χ3n) is 5.92. The summed E-state index contributed by atoms with van der Waals surface area (Å²) in [5, 5.41) is 5.98. The summed E-state index contributed by atoms with van der Waals surface area (Å²) < 4.78 is 10.1. The summed E-state index contributed by atoms with van der Waals surface area (Å²) in [6, 6.07) is 14.2. The van der Waals surface area contributed by atoms with Gasteiger partial charge in [-0.2, -0.15) is 0 Å². The molecule has 0 radical (unpaired) electrons. The van der Waals surface area contributed by atoms with Crippen molar-refractivity contribution in [3.05, 3.63) is 70.1 Å². The number of hydrogen-bond donors (Lipinski definition) is 2. The van der Waals surface area contributed by atoms with Crippen LogP contribution in [0.4, 0.5) is 10.7 Å². The van der Waals surface area contributed by atoms with Crippen LogP contribution < -0.4 is 15.4 Å². The molecule has 2 amide bonds. The van der Waals surface area contributed by atoms with Gasteiger partial charge < -0.3 is 20.1 Å². The molecule has 2 N–H and O–H groups in total. The Morgan fingerprint density at radius 1 is 1.00 bits per heavy atom. The van der Waals surface area contributed by atoms with E-state index in [9.17, 15) is 14.4 Å². The fraction of sp³-hybridized carbons (Fsp3) is 0.296. The maximum Gasteiger partial charge on any atom is 0.341 e. The highest BCUT2D eigenvalue weighted by molar-refractivity contribution is 8.00. The van der Waals surface area contributed by atoms with Gasteiger partial charge in [0, 0.05) is 21.0 Å². The normalized spacial score (nSPS) is 13.3. The van der Waals surface area contributed by atoms with Crippen molar-refractivity contribution in [3.63, 3.8) is 0 Å². The molecule has 0 fully saturated rings. The first-order valence-corrected chi connectivity index (χ1v) is 13.3. The Morgan fingerprint density at radius 3 is 2.47 bits per heavy atom. The van der Waals surface area contributed by atoms with E-state index in [0.717, 1.165) is 41.0 Å². The maximum atomic E-state index is 13.0. The fourth-order valence-corrected chi connectivity index (χ4v) is 6.24. The summed E-state index contributed by atoms with van der Waals surface area (Å²) in [5.41, 5.74) is 2.65. The molecule has 1 aromatic heterocycles. The number of hydrogen-bond acceptors (Lipinski definition) is 7. The summed E-state index contributed by atoms with van der Waals surface area (Å²) in [6.45, 7) is 1.81. The number of amides is 2. The standard InChI is InChI=1S/C27H28N2O5S2/c1-16(24(30)29-26-23(27(32)34-3)21-9-4-5-10-22(21)36-26)35-20-8-6-7-18(15-20)28-25(31)17-11-13-19(33-2)14-12-17/h6-8,11-16H,4-5,9-10H2,1-3H3,(H,28,31)(H,29,30). The molecule has 0 bridgehead atoms. The van der Waals surface area contributed by atoms with Crippen LogP contribution in [0.25, 0.3) is 0 Å². The lowest BCUT2D eigenvalue weighted by Gasteiger charge is -2.14. The summed E-state index contributed by atoms with van der Waals surface area (Å²) in [6.07, 6.45) is 3.85. The highest BCUT2D eigenvalue weighted by Gasteiger charge is 2.28. The number of methoxy groups -OCH3 is 2. The summed E-state index contributed by atoms with van der Waals surface area (Å²) in [5.74, 6) is -0.164. The number of fused-ring (bicyclic) bond motifs is 1. The minimum Gasteiger partial charge on any atom is -0.497 e. The molecule has 4 rings (SSSR count). The average Bonchev–Trinajstić information content (AvgIpc) is 3.26. The van der Waals surface area contributed by atoms with Gasteiger partial charge in [0.2, 0.25) is 5.91 Å². The van der Waals surface area contributed by atoms with Crippen LogP contribution in [0.1, 0.15) is 50.9 Å². The molecule has 1 atom stereocenters. The first-order chi connectivity index (χ1) is 17.4. The molecule has 188 valence electrons. The number of thiophene rings is 1. The number of nitrogens with one attached hydrogen (secondary N) is 2. The van der Waals surface area contributed by atoms with Crippen molar-refractivity contribution in [1.82, 2.24) is 0 Å². The van der Waals surface area contributed by atoms with Gasteiger partial charge in [-0.05, 0) is 80.6 Å². The minimum atomic E-state index is -0.429. The number of carbonyl (C=O) groups excluding carboxylic acids is 3. The van der Waals surface area contributed by atoms with E-state index < -0.39 is 11.2 Å². The molecule has 0 saturated heterocycles. The van der Waals surface area contributed by atoms with Crippen molar-refractivity contribution in [1.29, 1.82) is 0 Å². The van der Waals surface area contributed by atoms with E-state index in [4.69, 9.17) is 9.47 Å². The smallest absolute Gasteiger partial charge is 0.341 e. The topological polar surface area (TPSA) is 93.7 Å². The highest BCUT2D eigenvalue weighted by atomic mass is 32.2. The second kappa shape index (κ2) is 11.6. The van der Waals surface area contributed by atoms with Crippen LogP contribution in [0.2, 0.25) is 0 Å². The van der Waals surface area contributed by atoms with Crippen LogP contribution >= 0.6 is 23.1 Å². The molecule has 1 aliphatic carbocycles. The molecule has 7 nitrogen and oxygen atoms in total. The summed E-state index contributed by atoms with van der Waals surface area (Å²) in [4.78, 5) is 40.1. The fourth-order valence-electron chi connectivity index (χ4n) is 4.04. The predicted octanol–water partition coefficient (Wildman–Crippen LogP) is 5.79. The third kappa shape index (κ3) is 5.91. The summed E-state index contributed by atoms with van der Waals surface area (Å²) >= 11 is 2.85. The quantitative estimate of drug-likeness (QED) is 0.286. The Hall–Kier alpha value is -3.30. The van der Waals surface area contributed by atoms with Crippen molar-refractivity contribution in [2.75, 3.05) is 24.9 Å². The van der Waals surface area contributed by atoms with E-state index in [1.807, 2.05) is 25.1 Å². The number of rotatable bonds is 8. The maximum absolute atomic E-state index is 13.0. The predicted molar refractivity (Wildman–Crippen MR) is 144 cm³/mol. The van der Waals surface area contributed by atoms with Gasteiger partial charge in [-0.25, -0.2) is 4.79 Å². The molecule has 1 unspecified atom stereocenters. The lowest BCUT2D eigenvalue weighted by atomic mass is 9.95. The lowest BCUT2D eigenvalue weighted by Crippen LogP contribution is -2.23. The Balaban J connectivity index is 1.42. The van der Waals surface area contributed by atoms with Gasteiger partial charge in [-0.3, -0.25) is 9.59 Å². The highest BCUT2D eigenvalue weighted by Crippen LogP contribution is 2.39. The zero-order chi connectivity index (χ0) is 25.7. The Bertz CT molecular complexity index is 1270. The number of thioether (sulfide) groups is 1. The van der Waals surface area contributed by atoms with Gasteiger partial charge >= 0.3 is 5.97 Å². The van der Waals surface area contributed by atoms with Crippen molar-refractivity contribution in [2.45, 2.75) is 42.8 Å². The zero-order valence-electron chi connectivity index (χ0n) is 20.4. The van der Waals surface area contributed by atoms with E-state index >= 15 is 0 Å². The molecular formula is C27H28N2O5S2. The second-order valence-electron chi connectivity index (χ2n) is 8.37. The van der Waals surface area contributed by atoms with Crippen molar-refractivity contribution >= 4 is 51.6 Å². The Labute approximate surface area is 218 Å². The number of ether oxygens (including phenoxy) is 2. The SMILES string of the molecule is COC(=O)c1c(NC(=O)C(C)Sc2cccc(NC(=O)c3ccc(OC)cc3)c2)sc2c1CCCC2. The monoisotopic (exact) mass is 524 g/mol. The van der Waals surface area contributed by atoms with E-state index in [2.05, 4.69) is 10.6 Å². The van der Waals surface area contributed by atoms with Gasteiger partial charge in [-0.1, -0.05) is 6.07 Å². The first kappa shape index (κ1) is 25.8. The van der Waals surface area contributed by atoms with Crippen LogP contribution in [0.15, 0.2) is 53.4 Å². The van der Waals surface area contributed by atoms with Crippen LogP contribution in [-0.2, 0) is 22.4 Å². The molecule has 1 aliphatic rings. The van der Waals surface area contributed by atoms with Gasteiger partial charge in [0.05, 0.1) is 25.0 Å². The first-order valence-electron chi connectivity index (χ1n) is 11.7. The molecule has 9 heteroatoms. The number of esters is 1. The van der Waals surface area contributed by atoms with Gasteiger partial charge in [-0.15, -0.1) is 23.1 Å². The van der Waals surface area contributed by atoms with Crippen molar-refractivity contribution in [2.24, 2.45) is 0 Å². The minimum absolute atomic E-state index is 0.198. The Morgan fingerprint density at radius 2 is 1.75 bits per heavy atom. The molecule has 0 spiro atoms. The van der Waals surface area contributed by atoms with E-state index in [0.29, 0.717) is 27.6 Å².